The van der Waals surface area contributed by atoms with E-state index in [0.717, 1.165) is 5.56 Å². The molecule has 108 valence electrons. The van der Waals surface area contributed by atoms with Crippen LogP contribution in [0.4, 0.5) is 10.5 Å². The molecule has 0 spiro atoms. The molecule has 8 nitrogen and oxygen atoms in total. The molecule has 0 radical (unpaired) electrons. The zero-order valence-corrected chi connectivity index (χ0v) is 11.0. The number of nitrogens with zero attached hydrogens (tertiary/aromatic N) is 1. The van der Waals surface area contributed by atoms with Crippen LogP contribution in [-0.2, 0) is 11.2 Å². The van der Waals surface area contributed by atoms with Crippen molar-refractivity contribution >= 4 is 17.7 Å². The Morgan fingerprint density at radius 2 is 2.05 bits per heavy atom. The molecular weight excluding hydrogens is 266 g/mol. The number of aryl methyl sites for hydroxylation is 1. The van der Waals surface area contributed by atoms with E-state index in [1.807, 2.05) is 0 Å². The monoisotopic (exact) mass is 281 g/mol. The van der Waals surface area contributed by atoms with Gasteiger partial charge < -0.3 is 16.2 Å². The highest BCUT2D eigenvalue weighted by molar-refractivity contribution is 5.82. The summed E-state index contributed by atoms with van der Waals surface area (Å²) in [5.74, 6) is -1.31. The van der Waals surface area contributed by atoms with E-state index in [9.17, 15) is 19.7 Å². The van der Waals surface area contributed by atoms with E-state index in [-0.39, 0.29) is 17.7 Å². The maximum absolute atomic E-state index is 11.1. The number of benzene rings is 1. The number of hydrogen-bond acceptors (Lipinski definition) is 4. The largest absolute Gasteiger partial charge is 0.480 e. The highest BCUT2D eigenvalue weighted by Gasteiger charge is 2.25. The van der Waals surface area contributed by atoms with Crippen LogP contribution in [0.2, 0.25) is 0 Å². The zero-order valence-electron chi connectivity index (χ0n) is 11.0. The van der Waals surface area contributed by atoms with Crippen LogP contribution >= 0.6 is 0 Å². The third kappa shape index (κ3) is 3.44. The van der Waals surface area contributed by atoms with Gasteiger partial charge in [-0.2, -0.15) is 0 Å². The number of nitrogens with one attached hydrogen (secondary N) is 1. The van der Waals surface area contributed by atoms with Gasteiger partial charge in [0.1, 0.15) is 6.04 Å². The molecule has 1 atom stereocenters. The van der Waals surface area contributed by atoms with Gasteiger partial charge in [0, 0.05) is 18.1 Å². The van der Waals surface area contributed by atoms with Gasteiger partial charge in [0.25, 0.3) is 5.69 Å². The molecule has 2 amide bonds. The van der Waals surface area contributed by atoms with Gasteiger partial charge in [-0.15, -0.1) is 0 Å². The summed E-state index contributed by atoms with van der Waals surface area (Å²) in [7, 11) is 0. The van der Waals surface area contributed by atoms with Crippen LogP contribution in [-0.4, -0.2) is 28.1 Å². The summed E-state index contributed by atoms with van der Waals surface area (Å²) in [6, 6.07) is 0.604. The molecule has 0 heterocycles. The topological polar surface area (TPSA) is 136 Å². The van der Waals surface area contributed by atoms with Crippen molar-refractivity contribution in [2.75, 3.05) is 0 Å². The van der Waals surface area contributed by atoms with Gasteiger partial charge in [-0.25, -0.2) is 9.59 Å². The van der Waals surface area contributed by atoms with Crippen LogP contribution in [0.15, 0.2) is 12.1 Å². The zero-order chi connectivity index (χ0) is 15.4. The summed E-state index contributed by atoms with van der Waals surface area (Å²) in [4.78, 5) is 32.3. The van der Waals surface area contributed by atoms with Crippen LogP contribution in [0.3, 0.4) is 0 Å². The van der Waals surface area contributed by atoms with Gasteiger partial charge in [0.05, 0.1) is 4.92 Å². The summed E-state index contributed by atoms with van der Waals surface area (Å²) >= 11 is 0. The predicted octanol–water partition coefficient (Wildman–Crippen LogP) is 0.876. The molecular formula is C12H15N3O5. The molecule has 0 aliphatic carbocycles. The molecule has 0 aliphatic rings. The Hall–Kier alpha value is -2.64. The Bertz CT molecular complexity index is 570. The molecule has 1 aromatic rings. The minimum Gasteiger partial charge on any atom is -0.480 e. The van der Waals surface area contributed by atoms with E-state index >= 15 is 0 Å². The van der Waals surface area contributed by atoms with Crippen LogP contribution < -0.4 is 11.1 Å². The van der Waals surface area contributed by atoms with Gasteiger partial charge in [-0.05, 0) is 25.0 Å². The molecule has 0 fully saturated rings. The maximum atomic E-state index is 11.1. The number of nitro groups is 1. The summed E-state index contributed by atoms with van der Waals surface area (Å²) in [5, 5.41) is 22.1. The number of carboxylic acids is 1. The van der Waals surface area contributed by atoms with Crippen LogP contribution in [0.5, 0.6) is 0 Å². The maximum Gasteiger partial charge on any atom is 0.326 e. The molecule has 1 aromatic carbocycles. The molecule has 4 N–H and O–H groups in total. The number of hydrogen-bond donors (Lipinski definition) is 3. The molecule has 0 saturated heterocycles. The highest BCUT2D eigenvalue weighted by Crippen LogP contribution is 2.26. The fraction of sp³-hybridized carbons (Fsp3) is 0.333. The number of urea groups is 1. The van der Waals surface area contributed by atoms with E-state index in [1.54, 1.807) is 19.9 Å². The summed E-state index contributed by atoms with van der Waals surface area (Å²) in [6.45, 7) is 3.43. The van der Waals surface area contributed by atoms with Crippen molar-refractivity contribution in [2.24, 2.45) is 5.73 Å². The van der Waals surface area contributed by atoms with Gasteiger partial charge >= 0.3 is 12.0 Å². The lowest BCUT2D eigenvalue weighted by atomic mass is 9.95. The first-order valence-corrected chi connectivity index (χ1v) is 5.76. The molecule has 0 bridgehead atoms. The summed E-state index contributed by atoms with van der Waals surface area (Å²) < 4.78 is 0. The second-order valence-electron chi connectivity index (χ2n) is 4.37. The highest BCUT2D eigenvalue weighted by atomic mass is 16.6. The number of nitro benzene ring substituents is 1. The average Bonchev–Trinajstić information content (AvgIpc) is 2.32. The predicted molar refractivity (Wildman–Crippen MR) is 70.4 cm³/mol. The Labute approximate surface area is 114 Å². The van der Waals surface area contributed by atoms with E-state index < -0.39 is 23.0 Å². The Morgan fingerprint density at radius 3 is 2.50 bits per heavy atom. The van der Waals surface area contributed by atoms with E-state index in [4.69, 9.17) is 10.8 Å². The molecule has 1 unspecified atom stereocenters. The number of aliphatic carboxylic acids is 1. The number of nitrogens with two attached hydrogens (primary N) is 1. The minimum atomic E-state index is -1.31. The molecule has 20 heavy (non-hydrogen) atoms. The molecule has 0 aliphatic heterocycles. The number of carboxylic acid groups (broad SMARTS) is 1. The van der Waals surface area contributed by atoms with Crippen molar-refractivity contribution in [1.29, 1.82) is 0 Å². The summed E-state index contributed by atoms with van der Waals surface area (Å²) in [5.41, 5.74) is 6.42. The molecule has 1 rings (SSSR count). The first-order valence-electron chi connectivity index (χ1n) is 5.76. The first kappa shape index (κ1) is 15.4. The quantitative estimate of drug-likeness (QED) is 0.543. The first-order chi connectivity index (χ1) is 9.23. The standard InChI is InChI=1S/C12H15N3O5/c1-6-3-4-10(15(19)20)8(7(6)2)5-9(11(16)17)14-12(13)18/h3-4,9H,5H2,1-2H3,(H,16,17)(H3,13,14,18). The molecule has 0 saturated carbocycles. The lowest BCUT2D eigenvalue weighted by molar-refractivity contribution is -0.385. The summed E-state index contributed by atoms with van der Waals surface area (Å²) in [6.07, 6.45) is -0.206. The van der Waals surface area contributed by atoms with E-state index in [2.05, 4.69) is 5.32 Å². The van der Waals surface area contributed by atoms with Gasteiger partial charge in [0.15, 0.2) is 0 Å². The number of rotatable bonds is 5. The number of amides is 2. The SMILES string of the molecule is Cc1ccc([N+](=O)[O-])c(CC(NC(N)=O)C(=O)O)c1C. The Kier molecular flexibility index (Phi) is 4.63. The van der Waals surface area contributed by atoms with Gasteiger partial charge in [-0.1, -0.05) is 6.07 Å². The average molecular weight is 281 g/mol. The van der Waals surface area contributed by atoms with Crippen LogP contribution in [0.25, 0.3) is 0 Å². The van der Waals surface area contributed by atoms with Crippen molar-refractivity contribution in [1.82, 2.24) is 5.32 Å². The smallest absolute Gasteiger partial charge is 0.326 e. The van der Waals surface area contributed by atoms with Crippen LogP contribution in [0.1, 0.15) is 16.7 Å². The van der Waals surface area contributed by atoms with Crippen molar-refractivity contribution in [3.05, 3.63) is 38.9 Å². The molecule has 0 aromatic heterocycles. The van der Waals surface area contributed by atoms with Crippen molar-refractivity contribution in [3.8, 4) is 0 Å². The number of carbonyl (C=O) groups is 2. The van der Waals surface area contributed by atoms with Crippen molar-refractivity contribution in [2.45, 2.75) is 26.3 Å². The minimum absolute atomic E-state index is 0.175. The van der Waals surface area contributed by atoms with Crippen molar-refractivity contribution < 1.29 is 19.6 Å². The third-order valence-corrected chi connectivity index (χ3v) is 3.06. The van der Waals surface area contributed by atoms with Crippen LogP contribution in [0, 0.1) is 24.0 Å². The lowest BCUT2D eigenvalue weighted by Crippen LogP contribution is -2.45. The van der Waals surface area contributed by atoms with E-state index in [1.165, 1.54) is 6.07 Å². The second kappa shape index (κ2) is 6.00. The fourth-order valence-corrected chi connectivity index (χ4v) is 1.86. The van der Waals surface area contributed by atoms with Gasteiger partial charge in [-0.3, -0.25) is 10.1 Å². The Balaban J connectivity index is 3.23. The van der Waals surface area contributed by atoms with E-state index in [0.29, 0.717) is 5.56 Å². The number of primary amides is 1. The fourth-order valence-electron chi connectivity index (χ4n) is 1.86. The third-order valence-electron chi connectivity index (χ3n) is 3.06. The second-order valence-corrected chi connectivity index (χ2v) is 4.37. The normalized spacial score (nSPS) is 11.7. The van der Waals surface area contributed by atoms with Gasteiger partial charge in [0.2, 0.25) is 0 Å². The lowest BCUT2D eigenvalue weighted by Gasteiger charge is -2.15. The van der Waals surface area contributed by atoms with Crippen molar-refractivity contribution in [3.63, 3.8) is 0 Å². The molecule has 8 heteroatoms. The number of carbonyl (C=O) groups excluding carboxylic acids is 1. The Morgan fingerprint density at radius 1 is 1.45 bits per heavy atom.